The van der Waals surface area contributed by atoms with Crippen LogP contribution in [0, 0.1) is 0 Å². The third kappa shape index (κ3) is 1.89. The van der Waals surface area contributed by atoms with E-state index in [0.717, 1.165) is 12.8 Å². The summed E-state index contributed by atoms with van der Waals surface area (Å²) in [7, 11) is 0. The first-order valence-corrected chi connectivity index (χ1v) is 5.10. The van der Waals surface area contributed by atoms with Crippen molar-refractivity contribution in [2.24, 2.45) is 11.5 Å². The molecule has 0 radical (unpaired) electrons. The third-order valence-corrected chi connectivity index (χ3v) is 3.07. The van der Waals surface area contributed by atoms with Gasteiger partial charge in [-0.15, -0.1) is 0 Å². The lowest BCUT2D eigenvalue weighted by Gasteiger charge is -2.21. The summed E-state index contributed by atoms with van der Waals surface area (Å²) in [4.78, 5) is 10.7. The lowest BCUT2D eigenvalue weighted by Crippen LogP contribution is -2.49. The average molecular weight is 199 g/mol. The molecule has 5 nitrogen and oxygen atoms in total. The average Bonchev–Trinajstić information content (AvgIpc) is 2.74. The van der Waals surface area contributed by atoms with Crippen molar-refractivity contribution in [3.63, 3.8) is 0 Å². The van der Waals surface area contributed by atoms with Gasteiger partial charge in [0.15, 0.2) is 0 Å². The standard InChI is InChI=1S/C9H17N3O2/c10-6(9(11)13)4-12-7-3-5-1-2-8(7)14-5/h5-8,12H,1-4,10H2,(H2,11,13). The number of carbonyl (C=O) groups is 1. The van der Waals surface area contributed by atoms with E-state index in [4.69, 9.17) is 16.2 Å². The molecule has 0 aromatic carbocycles. The largest absolute Gasteiger partial charge is 0.373 e. The van der Waals surface area contributed by atoms with Crippen LogP contribution < -0.4 is 16.8 Å². The maximum Gasteiger partial charge on any atom is 0.235 e. The highest BCUT2D eigenvalue weighted by atomic mass is 16.5. The van der Waals surface area contributed by atoms with Gasteiger partial charge in [0.05, 0.1) is 18.2 Å². The molecular weight excluding hydrogens is 182 g/mol. The molecule has 0 saturated carbocycles. The number of hydrogen-bond donors (Lipinski definition) is 3. The normalized spacial score (nSPS) is 37.4. The molecule has 0 aliphatic carbocycles. The molecule has 2 fully saturated rings. The van der Waals surface area contributed by atoms with Crippen LogP contribution in [0.3, 0.4) is 0 Å². The van der Waals surface area contributed by atoms with Crippen molar-refractivity contribution in [1.82, 2.24) is 5.32 Å². The molecule has 0 spiro atoms. The Bertz CT molecular complexity index is 234. The maximum atomic E-state index is 10.7. The van der Waals surface area contributed by atoms with Crippen molar-refractivity contribution in [1.29, 1.82) is 0 Å². The lowest BCUT2D eigenvalue weighted by atomic mass is 9.95. The summed E-state index contributed by atoms with van der Waals surface area (Å²) >= 11 is 0. The number of rotatable bonds is 4. The van der Waals surface area contributed by atoms with E-state index < -0.39 is 11.9 Å². The van der Waals surface area contributed by atoms with E-state index in [0.29, 0.717) is 24.8 Å². The van der Waals surface area contributed by atoms with Crippen molar-refractivity contribution in [2.45, 2.75) is 43.6 Å². The number of primary amides is 1. The zero-order valence-electron chi connectivity index (χ0n) is 8.11. The molecule has 2 heterocycles. The summed E-state index contributed by atoms with van der Waals surface area (Å²) in [5.41, 5.74) is 10.6. The number of nitrogens with one attached hydrogen (secondary N) is 1. The zero-order chi connectivity index (χ0) is 10.1. The molecule has 4 atom stereocenters. The predicted molar refractivity (Wildman–Crippen MR) is 51.5 cm³/mol. The Labute approximate surface area is 83.2 Å². The summed E-state index contributed by atoms with van der Waals surface area (Å²) in [5.74, 6) is -0.457. The zero-order valence-corrected chi connectivity index (χ0v) is 8.11. The van der Waals surface area contributed by atoms with Gasteiger partial charge >= 0.3 is 0 Å². The topological polar surface area (TPSA) is 90.4 Å². The summed E-state index contributed by atoms with van der Waals surface area (Å²) < 4.78 is 5.66. The fourth-order valence-electron chi connectivity index (χ4n) is 2.23. The molecule has 5 N–H and O–H groups in total. The Morgan fingerprint density at radius 2 is 2.36 bits per heavy atom. The van der Waals surface area contributed by atoms with E-state index in [2.05, 4.69) is 5.32 Å². The summed E-state index contributed by atoms with van der Waals surface area (Å²) in [6.45, 7) is 0.451. The molecule has 80 valence electrons. The molecule has 2 bridgehead atoms. The van der Waals surface area contributed by atoms with Gasteiger partial charge in [-0.3, -0.25) is 4.79 Å². The number of nitrogens with two attached hydrogens (primary N) is 2. The monoisotopic (exact) mass is 199 g/mol. The van der Waals surface area contributed by atoms with E-state index in [1.165, 1.54) is 6.42 Å². The van der Waals surface area contributed by atoms with Crippen LogP contribution in [0.1, 0.15) is 19.3 Å². The fraction of sp³-hybridized carbons (Fsp3) is 0.889. The molecular formula is C9H17N3O2. The van der Waals surface area contributed by atoms with E-state index in [-0.39, 0.29) is 0 Å². The Balaban J connectivity index is 1.74. The number of fused-ring (bicyclic) bond motifs is 2. The van der Waals surface area contributed by atoms with Gasteiger partial charge in [-0.25, -0.2) is 0 Å². The van der Waals surface area contributed by atoms with Gasteiger partial charge in [0.2, 0.25) is 5.91 Å². The molecule has 1 amide bonds. The fourth-order valence-corrected chi connectivity index (χ4v) is 2.23. The Kier molecular flexibility index (Phi) is 2.71. The smallest absolute Gasteiger partial charge is 0.235 e. The molecule has 14 heavy (non-hydrogen) atoms. The number of hydrogen-bond acceptors (Lipinski definition) is 4. The second-order valence-corrected chi connectivity index (χ2v) is 4.13. The van der Waals surface area contributed by atoms with E-state index in [1.54, 1.807) is 0 Å². The van der Waals surface area contributed by atoms with Crippen LogP contribution in [0.25, 0.3) is 0 Å². The van der Waals surface area contributed by atoms with Crippen molar-refractivity contribution < 1.29 is 9.53 Å². The highest BCUT2D eigenvalue weighted by Gasteiger charge is 2.40. The lowest BCUT2D eigenvalue weighted by molar-refractivity contribution is -0.119. The molecule has 2 aliphatic rings. The summed E-state index contributed by atoms with van der Waals surface area (Å²) in [6, 6.07) is -0.228. The first kappa shape index (κ1) is 9.89. The summed E-state index contributed by atoms with van der Waals surface area (Å²) in [6.07, 6.45) is 4.07. The van der Waals surface area contributed by atoms with Crippen LogP contribution in [-0.2, 0) is 9.53 Å². The molecule has 2 rings (SSSR count). The third-order valence-electron chi connectivity index (χ3n) is 3.07. The van der Waals surface area contributed by atoms with Gasteiger partial charge in [0, 0.05) is 12.6 Å². The van der Waals surface area contributed by atoms with Gasteiger partial charge in [0.1, 0.15) is 0 Å². The van der Waals surface area contributed by atoms with Crippen molar-refractivity contribution >= 4 is 5.91 Å². The van der Waals surface area contributed by atoms with Crippen LogP contribution in [0.4, 0.5) is 0 Å². The van der Waals surface area contributed by atoms with E-state index >= 15 is 0 Å². The van der Waals surface area contributed by atoms with Crippen LogP contribution in [-0.4, -0.2) is 36.7 Å². The van der Waals surface area contributed by atoms with Gasteiger partial charge in [-0.05, 0) is 19.3 Å². The number of carbonyl (C=O) groups excluding carboxylic acids is 1. The second-order valence-electron chi connectivity index (χ2n) is 4.13. The highest BCUT2D eigenvalue weighted by molar-refractivity contribution is 5.79. The minimum Gasteiger partial charge on any atom is -0.373 e. The quantitative estimate of drug-likeness (QED) is 0.525. The van der Waals surface area contributed by atoms with Crippen LogP contribution >= 0.6 is 0 Å². The summed E-state index contributed by atoms with van der Waals surface area (Å²) in [5, 5.41) is 3.24. The molecule has 0 aromatic heterocycles. The van der Waals surface area contributed by atoms with E-state index in [9.17, 15) is 4.79 Å². The number of amides is 1. The maximum absolute atomic E-state index is 10.7. The van der Waals surface area contributed by atoms with Gasteiger partial charge in [-0.1, -0.05) is 0 Å². The van der Waals surface area contributed by atoms with Crippen molar-refractivity contribution in [3.8, 4) is 0 Å². The molecule has 0 aromatic rings. The van der Waals surface area contributed by atoms with Gasteiger partial charge in [0.25, 0.3) is 0 Å². The SMILES string of the molecule is NC(=O)C(N)CNC1CC2CCC1O2. The predicted octanol–water partition coefficient (Wildman–Crippen LogP) is -1.29. The molecule has 2 saturated heterocycles. The van der Waals surface area contributed by atoms with Crippen LogP contribution in [0.5, 0.6) is 0 Å². The van der Waals surface area contributed by atoms with Gasteiger partial charge in [-0.2, -0.15) is 0 Å². The molecule has 2 aliphatic heterocycles. The Morgan fingerprint density at radius 1 is 1.57 bits per heavy atom. The van der Waals surface area contributed by atoms with E-state index in [1.807, 2.05) is 0 Å². The van der Waals surface area contributed by atoms with Crippen LogP contribution in [0.15, 0.2) is 0 Å². The Morgan fingerprint density at radius 3 is 2.86 bits per heavy atom. The Hall–Kier alpha value is -0.650. The van der Waals surface area contributed by atoms with Gasteiger partial charge < -0.3 is 21.5 Å². The minimum absolute atomic E-state index is 0.320. The minimum atomic E-state index is -0.589. The first-order valence-electron chi connectivity index (χ1n) is 5.10. The van der Waals surface area contributed by atoms with Crippen molar-refractivity contribution in [2.75, 3.05) is 6.54 Å². The first-order chi connectivity index (χ1) is 6.66. The number of ether oxygens (including phenoxy) is 1. The molecule has 5 heteroatoms. The van der Waals surface area contributed by atoms with Crippen molar-refractivity contribution in [3.05, 3.63) is 0 Å². The molecule has 4 unspecified atom stereocenters. The highest BCUT2D eigenvalue weighted by Crippen LogP contribution is 2.34. The van der Waals surface area contributed by atoms with Crippen LogP contribution in [0.2, 0.25) is 0 Å². The second kappa shape index (κ2) is 3.84.